The van der Waals surface area contributed by atoms with E-state index in [9.17, 15) is 14.9 Å². The molecule has 0 spiro atoms. The first kappa shape index (κ1) is 13.4. The highest BCUT2D eigenvalue weighted by molar-refractivity contribution is 5.97. The lowest BCUT2D eigenvalue weighted by Gasteiger charge is -1.96. The number of aliphatic imine (C=N–C) groups is 1. The van der Waals surface area contributed by atoms with Gasteiger partial charge < -0.3 is 5.73 Å². The molecule has 0 aliphatic rings. The summed E-state index contributed by atoms with van der Waals surface area (Å²) in [5, 5.41) is 14.7. The lowest BCUT2D eigenvalue weighted by atomic mass is 10.2. The highest BCUT2D eigenvalue weighted by atomic mass is 16.6. The van der Waals surface area contributed by atoms with E-state index in [0.717, 1.165) is 0 Å². The Morgan fingerprint density at radius 3 is 2.85 bits per heavy atom. The van der Waals surface area contributed by atoms with Gasteiger partial charge in [0.2, 0.25) is 0 Å². The maximum absolute atomic E-state index is 11.2. The molecule has 0 aliphatic heterocycles. The van der Waals surface area contributed by atoms with Crippen LogP contribution in [-0.4, -0.2) is 26.8 Å². The van der Waals surface area contributed by atoms with Gasteiger partial charge in [0.25, 0.3) is 11.6 Å². The molecule has 102 valence electrons. The van der Waals surface area contributed by atoms with Crippen molar-refractivity contribution in [1.82, 2.24) is 9.78 Å². The molecule has 0 radical (unpaired) electrons. The molecule has 1 aromatic carbocycles. The van der Waals surface area contributed by atoms with Crippen molar-refractivity contribution in [1.29, 1.82) is 0 Å². The van der Waals surface area contributed by atoms with E-state index in [4.69, 9.17) is 5.73 Å². The van der Waals surface area contributed by atoms with E-state index in [-0.39, 0.29) is 17.1 Å². The molecule has 0 aliphatic carbocycles. The maximum atomic E-state index is 11.2. The van der Waals surface area contributed by atoms with E-state index in [1.807, 2.05) is 0 Å². The van der Waals surface area contributed by atoms with Gasteiger partial charge in [0.1, 0.15) is 5.69 Å². The Morgan fingerprint density at radius 1 is 1.50 bits per heavy atom. The van der Waals surface area contributed by atoms with Crippen molar-refractivity contribution in [2.45, 2.75) is 0 Å². The normalized spacial score (nSPS) is 10.8. The van der Waals surface area contributed by atoms with Crippen LogP contribution in [0.5, 0.6) is 0 Å². The number of hydrogen-bond donors (Lipinski definition) is 1. The average Bonchev–Trinajstić information content (AvgIpc) is 2.78. The van der Waals surface area contributed by atoms with Crippen LogP contribution < -0.4 is 5.73 Å². The predicted molar refractivity (Wildman–Crippen MR) is 72.1 cm³/mol. The van der Waals surface area contributed by atoms with Crippen molar-refractivity contribution in [2.24, 2.45) is 17.8 Å². The number of para-hydroxylation sites is 1. The molecule has 0 saturated carbocycles. The van der Waals surface area contributed by atoms with Gasteiger partial charge in [0.05, 0.1) is 16.7 Å². The molecule has 0 atom stereocenters. The van der Waals surface area contributed by atoms with Gasteiger partial charge in [-0.1, -0.05) is 12.1 Å². The first-order chi connectivity index (χ1) is 9.49. The molecule has 2 rings (SSSR count). The van der Waals surface area contributed by atoms with Crippen molar-refractivity contribution < 1.29 is 9.72 Å². The molecule has 1 aromatic heterocycles. The zero-order valence-electron chi connectivity index (χ0n) is 10.6. The second-order valence-corrected chi connectivity index (χ2v) is 3.97. The minimum absolute atomic E-state index is 0.0161. The smallest absolute Gasteiger partial charge is 0.278 e. The number of nitro benzene ring substituents is 1. The number of nitro groups is 1. The Bertz CT molecular complexity index is 705. The molecule has 0 bridgehead atoms. The van der Waals surface area contributed by atoms with Crippen LogP contribution in [-0.2, 0) is 7.05 Å². The van der Waals surface area contributed by atoms with Crippen LogP contribution in [0.15, 0.2) is 35.5 Å². The summed E-state index contributed by atoms with van der Waals surface area (Å²) in [6.07, 6.45) is 2.81. The average molecular weight is 273 g/mol. The molecular formula is C12H11N5O3. The van der Waals surface area contributed by atoms with Crippen LogP contribution in [0.1, 0.15) is 16.1 Å². The largest absolute Gasteiger partial charge is 0.364 e. The van der Waals surface area contributed by atoms with E-state index in [2.05, 4.69) is 10.1 Å². The maximum Gasteiger partial charge on any atom is 0.278 e. The van der Waals surface area contributed by atoms with Crippen LogP contribution >= 0.6 is 0 Å². The fourth-order valence-electron chi connectivity index (χ4n) is 1.65. The van der Waals surface area contributed by atoms with Gasteiger partial charge in [-0.15, -0.1) is 0 Å². The predicted octanol–water partition coefficient (Wildman–Crippen LogP) is 1.18. The third-order valence-corrected chi connectivity index (χ3v) is 2.52. The summed E-state index contributed by atoms with van der Waals surface area (Å²) in [7, 11) is 1.62. The first-order valence-electron chi connectivity index (χ1n) is 5.60. The van der Waals surface area contributed by atoms with Crippen LogP contribution in [0, 0.1) is 10.1 Å². The van der Waals surface area contributed by atoms with Crippen molar-refractivity contribution in [2.75, 3.05) is 0 Å². The van der Waals surface area contributed by atoms with E-state index in [0.29, 0.717) is 5.56 Å². The first-order valence-corrected chi connectivity index (χ1v) is 5.60. The Kier molecular flexibility index (Phi) is 3.56. The van der Waals surface area contributed by atoms with E-state index in [1.54, 1.807) is 25.2 Å². The molecule has 8 heteroatoms. The van der Waals surface area contributed by atoms with E-state index < -0.39 is 10.8 Å². The van der Waals surface area contributed by atoms with E-state index in [1.165, 1.54) is 23.2 Å². The number of rotatable bonds is 4. The lowest BCUT2D eigenvalue weighted by Crippen LogP contribution is -2.12. The molecule has 0 unspecified atom stereocenters. The number of carbonyl (C=O) groups is 1. The Morgan fingerprint density at radius 2 is 2.20 bits per heavy atom. The highest BCUT2D eigenvalue weighted by Crippen LogP contribution is 2.19. The Balaban J connectivity index is 2.40. The number of carbonyl (C=O) groups excluding carboxylic acids is 1. The second-order valence-electron chi connectivity index (χ2n) is 3.97. The zero-order valence-corrected chi connectivity index (χ0v) is 10.6. The molecule has 2 aromatic rings. The fourth-order valence-corrected chi connectivity index (χ4v) is 1.65. The molecule has 0 saturated heterocycles. The number of aryl methyl sites for hydroxylation is 1. The summed E-state index contributed by atoms with van der Waals surface area (Å²) >= 11 is 0. The summed E-state index contributed by atoms with van der Waals surface area (Å²) < 4.78 is 1.40. The van der Waals surface area contributed by atoms with Gasteiger partial charge in [0, 0.05) is 19.3 Å². The number of amides is 1. The zero-order chi connectivity index (χ0) is 14.7. The number of nitrogens with two attached hydrogens (primary N) is 1. The van der Waals surface area contributed by atoms with Gasteiger partial charge in [-0.3, -0.25) is 24.6 Å². The molecule has 8 nitrogen and oxygen atoms in total. The van der Waals surface area contributed by atoms with Crippen LogP contribution in [0.2, 0.25) is 0 Å². The third kappa shape index (κ3) is 2.69. The lowest BCUT2D eigenvalue weighted by molar-refractivity contribution is -0.385. The summed E-state index contributed by atoms with van der Waals surface area (Å²) in [6, 6.07) is 6.16. The summed E-state index contributed by atoms with van der Waals surface area (Å²) in [5.41, 5.74) is 5.72. The summed E-state index contributed by atoms with van der Waals surface area (Å²) in [5.74, 6) is -0.708. The van der Waals surface area contributed by atoms with Crippen LogP contribution in [0.3, 0.4) is 0 Å². The SMILES string of the molecule is Cn1cc(N=Cc2ccccc2[N+](=O)[O-])c(C(N)=O)n1. The second kappa shape index (κ2) is 5.31. The molecule has 1 amide bonds. The number of aromatic nitrogens is 2. The van der Waals surface area contributed by atoms with Crippen molar-refractivity contribution >= 4 is 23.5 Å². The molecular weight excluding hydrogens is 262 g/mol. The summed E-state index contributed by atoms with van der Waals surface area (Å²) in [4.78, 5) is 25.6. The van der Waals surface area contributed by atoms with Gasteiger partial charge in [-0.05, 0) is 6.07 Å². The van der Waals surface area contributed by atoms with Crippen molar-refractivity contribution in [3.05, 3.63) is 51.8 Å². The minimum Gasteiger partial charge on any atom is -0.364 e. The molecule has 1 heterocycles. The standard InChI is InChI=1S/C12H11N5O3/c1-16-7-9(11(15-16)12(13)18)14-6-8-4-2-3-5-10(8)17(19)20/h2-7H,1H3,(H2,13,18). The number of nitrogens with zero attached hydrogens (tertiary/aromatic N) is 4. The van der Waals surface area contributed by atoms with Gasteiger partial charge in [-0.2, -0.15) is 5.10 Å². The monoisotopic (exact) mass is 273 g/mol. The van der Waals surface area contributed by atoms with Crippen molar-refractivity contribution in [3.8, 4) is 0 Å². The topological polar surface area (TPSA) is 116 Å². The van der Waals surface area contributed by atoms with Crippen molar-refractivity contribution in [3.63, 3.8) is 0 Å². The van der Waals surface area contributed by atoms with E-state index >= 15 is 0 Å². The Hall–Kier alpha value is -3.03. The molecule has 20 heavy (non-hydrogen) atoms. The van der Waals surface area contributed by atoms with Gasteiger partial charge in [-0.25, -0.2) is 0 Å². The summed E-state index contributed by atoms with van der Waals surface area (Å²) in [6.45, 7) is 0. The fraction of sp³-hybridized carbons (Fsp3) is 0.0833. The molecule has 2 N–H and O–H groups in total. The minimum atomic E-state index is -0.708. The number of benzene rings is 1. The van der Waals surface area contributed by atoms with Crippen LogP contribution in [0.25, 0.3) is 0 Å². The highest BCUT2D eigenvalue weighted by Gasteiger charge is 2.13. The molecule has 0 fully saturated rings. The Labute approximate surface area is 113 Å². The van der Waals surface area contributed by atoms with Crippen LogP contribution in [0.4, 0.5) is 11.4 Å². The number of hydrogen-bond acceptors (Lipinski definition) is 5. The third-order valence-electron chi connectivity index (χ3n) is 2.52. The van der Waals surface area contributed by atoms with Gasteiger partial charge in [0.15, 0.2) is 5.69 Å². The quantitative estimate of drug-likeness (QED) is 0.511. The number of primary amides is 1. The van der Waals surface area contributed by atoms with Gasteiger partial charge >= 0.3 is 0 Å².